The molecule has 2 aliphatic rings. The molecule has 0 spiro atoms. The van der Waals surface area contributed by atoms with E-state index in [4.69, 9.17) is 5.11 Å². The number of likely N-dealkylation sites (tertiary alicyclic amines) is 1. The maximum atomic E-state index is 11.0. The minimum Gasteiger partial charge on any atom is -0.481 e. The van der Waals surface area contributed by atoms with E-state index in [0.29, 0.717) is 17.9 Å². The summed E-state index contributed by atoms with van der Waals surface area (Å²) in [4.78, 5) is 13.5. The molecule has 3 nitrogen and oxygen atoms in total. The summed E-state index contributed by atoms with van der Waals surface area (Å²) in [7, 11) is 0. The van der Waals surface area contributed by atoms with Gasteiger partial charge in [0.05, 0.1) is 5.92 Å². The van der Waals surface area contributed by atoms with E-state index in [1.54, 1.807) is 0 Å². The van der Waals surface area contributed by atoms with Crippen LogP contribution < -0.4 is 0 Å². The predicted molar refractivity (Wildman–Crippen MR) is 78.7 cm³/mol. The van der Waals surface area contributed by atoms with Crippen LogP contribution in [0.3, 0.4) is 0 Å². The largest absolute Gasteiger partial charge is 0.481 e. The molecule has 1 aromatic carbocycles. The van der Waals surface area contributed by atoms with Gasteiger partial charge < -0.3 is 5.11 Å². The molecule has 0 bridgehead atoms. The Morgan fingerprint density at radius 1 is 1.25 bits per heavy atom. The molecule has 1 N–H and O–H groups in total. The Kier molecular flexibility index (Phi) is 3.55. The fourth-order valence-electron chi connectivity index (χ4n) is 3.68. The molecule has 20 heavy (non-hydrogen) atoms. The number of carbonyl (C=O) groups is 1. The van der Waals surface area contributed by atoms with Crippen molar-refractivity contribution in [2.24, 2.45) is 11.8 Å². The van der Waals surface area contributed by atoms with Crippen LogP contribution in [0.2, 0.25) is 0 Å². The van der Waals surface area contributed by atoms with E-state index in [1.807, 2.05) is 6.92 Å². The number of carboxylic acid groups (broad SMARTS) is 1. The summed E-state index contributed by atoms with van der Waals surface area (Å²) in [5.41, 5.74) is 2.95. The monoisotopic (exact) mass is 273 g/mol. The van der Waals surface area contributed by atoms with Crippen molar-refractivity contribution >= 4 is 5.97 Å². The highest BCUT2D eigenvalue weighted by molar-refractivity contribution is 5.70. The first-order valence-electron chi connectivity index (χ1n) is 7.63. The lowest BCUT2D eigenvalue weighted by Crippen LogP contribution is -2.52. The molecular weight excluding hydrogens is 250 g/mol. The molecule has 1 aliphatic carbocycles. The first-order valence-corrected chi connectivity index (χ1v) is 7.63. The summed E-state index contributed by atoms with van der Waals surface area (Å²) < 4.78 is 0. The first kappa shape index (κ1) is 13.6. The third kappa shape index (κ3) is 2.24. The molecule has 1 aromatic rings. The van der Waals surface area contributed by atoms with E-state index < -0.39 is 5.97 Å². The quantitative estimate of drug-likeness (QED) is 0.918. The molecule has 1 aliphatic heterocycles. The molecule has 108 valence electrons. The van der Waals surface area contributed by atoms with Crippen LogP contribution in [-0.4, -0.2) is 29.1 Å². The number of benzene rings is 1. The molecule has 1 fully saturated rings. The van der Waals surface area contributed by atoms with Crippen LogP contribution in [0.4, 0.5) is 0 Å². The van der Waals surface area contributed by atoms with Crippen LogP contribution in [0.15, 0.2) is 24.3 Å². The van der Waals surface area contributed by atoms with Crippen LogP contribution in [0.25, 0.3) is 0 Å². The Morgan fingerprint density at radius 2 is 1.90 bits per heavy atom. The normalized spacial score (nSPS) is 28.5. The molecule has 0 saturated carbocycles. The van der Waals surface area contributed by atoms with Gasteiger partial charge in [0.2, 0.25) is 0 Å². The van der Waals surface area contributed by atoms with E-state index in [2.05, 4.69) is 36.1 Å². The number of carboxylic acids is 1. The Bertz CT molecular complexity index is 507. The summed E-state index contributed by atoms with van der Waals surface area (Å²) in [5.74, 6) is 0.0906. The van der Waals surface area contributed by atoms with Crippen molar-refractivity contribution < 1.29 is 9.90 Å². The summed E-state index contributed by atoms with van der Waals surface area (Å²) in [6.07, 6.45) is 2.43. The molecule has 3 unspecified atom stereocenters. The molecule has 3 atom stereocenters. The van der Waals surface area contributed by atoms with Crippen LogP contribution in [-0.2, 0) is 4.79 Å². The number of hydrogen-bond donors (Lipinski definition) is 1. The number of aliphatic carboxylic acids is 1. The van der Waals surface area contributed by atoms with Gasteiger partial charge in [-0.2, -0.15) is 0 Å². The van der Waals surface area contributed by atoms with Gasteiger partial charge in [0.25, 0.3) is 0 Å². The minimum atomic E-state index is -0.660. The Morgan fingerprint density at radius 3 is 2.55 bits per heavy atom. The fraction of sp³-hybridized carbons (Fsp3) is 0.588. The third-order valence-electron chi connectivity index (χ3n) is 5.23. The topological polar surface area (TPSA) is 40.5 Å². The number of rotatable bonds is 3. The van der Waals surface area contributed by atoms with Crippen LogP contribution in [0, 0.1) is 11.8 Å². The second-order valence-electron chi connectivity index (χ2n) is 6.46. The Labute approximate surface area is 120 Å². The van der Waals surface area contributed by atoms with Gasteiger partial charge in [-0.1, -0.05) is 38.1 Å². The molecule has 0 aromatic heterocycles. The second kappa shape index (κ2) is 5.21. The van der Waals surface area contributed by atoms with Crippen molar-refractivity contribution in [3.63, 3.8) is 0 Å². The SMILES string of the molecule is CC1CCC(N2CC(C(C)C(=O)O)C2)c2ccccc21. The fourth-order valence-corrected chi connectivity index (χ4v) is 3.68. The van der Waals surface area contributed by atoms with Gasteiger partial charge in [0, 0.05) is 19.1 Å². The average Bonchev–Trinajstić information content (AvgIpc) is 2.39. The van der Waals surface area contributed by atoms with Gasteiger partial charge in [0.1, 0.15) is 0 Å². The molecule has 0 amide bonds. The van der Waals surface area contributed by atoms with Gasteiger partial charge >= 0.3 is 5.97 Å². The maximum absolute atomic E-state index is 11.0. The molecule has 3 rings (SSSR count). The van der Waals surface area contributed by atoms with E-state index >= 15 is 0 Å². The first-order chi connectivity index (χ1) is 9.58. The molecule has 0 radical (unpaired) electrons. The average molecular weight is 273 g/mol. The number of hydrogen-bond acceptors (Lipinski definition) is 2. The van der Waals surface area contributed by atoms with Crippen molar-refractivity contribution in [2.45, 2.75) is 38.6 Å². The Balaban J connectivity index is 1.72. The smallest absolute Gasteiger partial charge is 0.306 e. The molecular formula is C17H23NO2. The van der Waals surface area contributed by atoms with Crippen molar-refractivity contribution in [1.82, 2.24) is 4.90 Å². The van der Waals surface area contributed by atoms with Gasteiger partial charge in [-0.25, -0.2) is 0 Å². The highest BCUT2D eigenvalue weighted by Crippen LogP contribution is 2.43. The van der Waals surface area contributed by atoms with Crippen molar-refractivity contribution in [1.29, 1.82) is 0 Å². The van der Waals surface area contributed by atoms with Crippen molar-refractivity contribution in [3.05, 3.63) is 35.4 Å². The van der Waals surface area contributed by atoms with Crippen molar-refractivity contribution in [2.75, 3.05) is 13.1 Å². The lowest BCUT2D eigenvalue weighted by molar-refractivity contribution is -0.146. The Hall–Kier alpha value is -1.35. The number of fused-ring (bicyclic) bond motifs is 1. The second-order valence-corrected chi connectivity index (χ2v) is 6.46. The standard InChI is InChI=1S/C17H23NO2/c1-11-7-8-16(15-6-4-3-5-14(11)15)18-9-13(10-18)12(2)17(19)20/h3-6,11-13,16H,7-10H2,1-2H3,(H,19,20). The summed E-state index contributed by atoms with van der Waals surface area (Å²) in [6, 6.07) is 9.26. The molecule has 1 heterocycles. The highest BCUT2D eigenvalue weighted by Gasteiger charge is 2.40. The lowest BCUT2D eigenvalue weighted by atomic mass is 9.77. The zero-order valence-electron chi connectivity index (χ0n) is 12.2. The van der Waals surface area contributed by atoms with Gasteiger partial charge in [-0.05, 0) is 35.8 Å². The van der Waals surface area contributed by atoms with Crippen LogP contribution in [0.1, 0.15) is 49.8 Å². The van der Waals surface area contributed by atoms with E-state index in [-0.39, 0.29) is 5.92 Å². The van der Waals surface area contributed by atoms with Crippen LogP contribution in [0.5, 0.6) is 0 Å². The van der Waals surface area contributed by atoms with Gasteiger partial charge in [-0.15, -0.1) is 0 Å². The predicted octanol–water partition coefficient (Wildman–Crippen LogP) is 3.28. The van der Waals surface area contributed by atoms with Crippen LogP contribution >= 0.6 is 0 Å². The van der Waals surface area contributed by atoms with E-state index in [1.165, 1.54) is 24.0 Å². The zero-order chi connectivity index (χ0) is 14.3. The third-order valence-corrected chi connectivity index (χ3v) is 5.23. The molecule has 1 saturated heterocycles. The minimum absolute atomic E-state index is 0.219. The molecule has 3 heteroatoms. The highest BCUT2D eigenvalue weighted by atomic mass is 16.4. The van der Waals surface area contributed by atoms with Gasteiger partial charge in [-0.3, -0.25) is 9.69 Å². The lowest BCUT2D eigenvalue weighted by Gasteiger charge is -2.48. The van der Waals surface area contributed by atoms with Crippen molar-refractivity contribution in [3.8, 4) is 0 Å². The maximum Gasteiger partial charge on any atom is 0.306 e. The van der Waals surface area contributed by atoms with E-state index in [9.17, 15) is 4.79 Å². The summed E-state index contributed by atoms with van der Waals surface area (Å²) in [6.45, 7) is 6.00. The summed E-state index contributed by atoms with van der Waals surface area (Å²) in [5, 5.41) is 9.09. The zero-order valence-corrected chi connectivity index (χ0v) is 12.2. The summed E-state index contributed by atoms with van der Waals surface area (Å²) >= 11 is 0. The van der Waals surface area contributed by atoms with Gasteiger partial charge in [0.15, 0.2) is 0 Å². The van der Waals surface area contributed by atoms with E-state index in [0.717, 1.165) is 13.1 Å². The number of nitrogens with zero attached hydrogens (tertiary/aromatic N) is 1.